The summed E-state index contributed by atoms with van der Waals surface area (Å²) in [7, 11) is 0. The van der Waals surface area contributed by atoms with Crippen molar-refractivity contribution in [2.45, 2.75) is 13.5 Å². The Bertz CT molecular complexity index is 434. The smallest absolute Gasteiger partial charge is 0.220 e. The fourth-order valence-electron chi connectivity index (χ4n) is 1.37. The minimum absolute atomic E-state index is 0.161. The zero-order chi connectivity index (χ0) is 9.97. The summed E-state index contributed by atoms with van der Waals surface area (Å²) in [6, 6.07) is 7.93. The van der Waals surface area contributed by atoms with Crippen molar-refractivity contribution in [3.05, 3.63) is 42.0 Å². The number of nitrogens with zero attached hydrogens (tertiary/aromatic N) is 1. The Hall–Kier alpha value is -1.61. The first kappa shape index (κ1) is 8.97. The second kappa shape index (κ2) is 3.64. The molecule has 3 heteroatoms. The van der Waals surface area contributed by atoms with E-state index < -0.39 is 0 Å². The molecule has 0 radical (unpaired) electrons. The molecule has 2 rings (SSSR count). The molecule has 1 heterocycles. The molecular formula is C11H11NO2. The summed E-state index contributed by atoms with van der Waals surface area (Å²) in [5.74, 6) is 0.350. The number of hydrogen-bond donors (Lipinski definition) is 1. The van der Waals surface area contributed by atoms with Gasteiger partial charge in [-0.15, -0.1) is 0 Å². The van der Waals surface area contributed by atoms with Crippen LogP contribution in [-0.2, 0) is 6.61 Å². The van der Waals surface area contributed by atoms with Gasteiger partial charge in [0, 0.05) is 5.56 Å². The lowest BCUT2D eigenvalue weighted by atomic mass is 10.1. The van der Waals surface area contributed by atoms with E-state index in [1.807, 2.05) is 31.2 Å². The van der Waals surface area contributed by atoms with Crippen molar-refractivity contribution in [1.29, 1.82) is 0 Å². The van der Waals surface area contributed by atoms with Gasteiger partial charge < -0.3 is 9.52 Å². The average molecular weight is 189 g/mol. The van der Waals surface area contributed by atoms with Crippen LogP contribution in [-0.4, -0.2) is 10.1 Å². The van der Waals surface area contributed by atoms with Gasteiger partial charge in [-0.3, -0.25) is 0 Å². The number of aryl methyl sites for hydroxylation is 1. The first-order chi connectivity index (χ1) is 6.81. The van der Waals surface area contributed by atoms with E-state index in [1.54, 1.807) is 6.26 Å². The Morgan fingerprint density at radius 2 is 2.14 bits per heavy atom. The fourth-order valence-corrected chi connectivity index (χ4v) is 1.37. The summed E-state index contributed by atoms with van der Waals surface area (Å²) in [5.41, 5.74) is 2.95. The summed E-state index contributed by atoms with van der Waals surface area (Å²) in [6.07, 6.45) is 1.56. The number of hydrogen-bond acceptors (Lipinski definition) is 3. The Morgan fingerprint density at radius 1 is 1.36 bits per heavy atom. The van der Waals surface area contributed by atoms with Crippen molar-refractivity contribution in [1.82, 2.24) is 4.98 Å². The zero-order valence-corrected chi connectivity index (χ0v) is 7.90. The number of rotatable bonds is 2. The van der Waals surface area contributed by atoms with Crippen molar-refractivity contribution >= 4 is 0 Å². The minimum Gasteiger partial charge on any atom is -0.446 e. The largest absolute Gasteiger partial charge is 0.446 e. The van der Waals surface area contributed by atoms with Crippen LogP contribution in [0.3, 0.4) is 0 Å². The molecule has 0 aliphatic rings. The minimum atomic E-state index is -0.161. The van der Waals surface area contributed by atoms with Gasteiger partial charge >= 0.3 is 0 Å². The average Bonchev–Trinajstić information content (AvgIpc) is 2.67. The van der Waals surface area contributed by atoms with Gasteiger partial charge in [-0.05, 0) is 12.5 Å². The van der Waals surface area contributed by atoms with Gasteiger partial charge in [0.05, 0.1) is 0 Å². The monoisotopic (exact) mass is 189 g/mol. The van der Waals surface area contributed by atoms with E-state index in [-0.39, 0.29) is 6.61 Å². The predicted molar refractivity (Wildman–Crippen MR) is 52.6 cm³/mol. The second-order valence-electron chi connectivity index (χ2n) is 3.10. The maximum absolute atomic E-state index is 8.81. The summed E-state index contributed by atoms with van der Waals surface area (Å²) >= 11 is 0. The van der Waals surface area contributed by atoms with Gasteiger partial charge in [0.25, 0.3) is 0 Å². The third-order valence-corrected chi connectivity index (χ3v) is 2.11. The molecule has 1 aromatic carbocycles. The van der Waals surface area contributed by atoms with Crippen LogP contribution in [0.25, 0.3) is 11.3 Å². The Kier molecular flexibility index (Phi) is 2.33. The van der Waals surface area contributed by atoms with E-state index >= 15 is 0 Å². The summed E-state index contributed by atoms with van der Waals surface area (Å²) in [5, 5.41) is 8.81. The number of aliphatic hydroxyl groups is 1. The van der Waals surface area contributed by atoms with E-state index in [0.717, 1.165) is 16.8 Å². The maximum atomic E-state index is 8.81. The highest BCUT2D eigenvalue weighted by molar-refractivity contribution is 5.62. The van der Waals surface area contributed by atoms with Gasteiger partial charge in [-0.25, -0.2) is 4.98 Å². The molecule has 0 amide bonds. The van der Waals surface area contributed by atoms with E-state index in [0.29, 0.717) is 5.89 Å². The van der Waals surface area contributed by atoms with Gasteiger partial charge in [0.2, 0.25) is 5.89 Å². The standard InChI is InChI=1S/C11H11NO2/c1-8-4-2-3-5-9(8)10-7-14-11(6-13)12-10/h2-5,7,13H,6H2,1H3. The number of aromatic nitrogens is 1. The molecule has 0 fully saturated rings. The topological polar surface area (TPSA) is 46.3 Å². The highest BCUT2D eigenvalue weighted by Crippen LogP contribution is 2.21. The molecule has 1 N–H and O–H groups in total. The van der Waals surface area contributed by atoms with Gasteiger partial charge in [0.15, 0.2) is 0 Å². The van der Waals surface area contributed by atoms with Crippen molar-refractivity contribution in [3.63, 3.8) is 0 Å². The molecule has 1 aromatic heterocycles. The Labute approximate surface area is 82.0 Å². The highest BCUT2D eigenvalue weighted by atomic mass is 16.4. The lowest BCUT2D eigenvalue weighted by Crippen LogP contribution is -1.85. The van der Waals surface area contributed by atoms with Gasteiger partial charge in [0.1, 0.15) is 18.6 Å². The highest BCUT2D eigenvalue weighted by Gasteiger charge is 2.06. The molecule has 2 aromatic rings. The van der Waals surface area contributed by atoms with E-state index in [1.165, 1.54) is 0 Å². The lowest BCUT2D eigenvalue weighted by molar-refractivity contribution is 0.240. The molecule has 0 unspecified atom stereocenters. The van der Waals surface area contributed by atoms with Crippen LogP contribution in [0.15, 0.2) is 34.9 Å². The van der Waals surface area contributed by atoms with Crippen molar-refractivity contribution in [2.75, 3.05) is 0 Å². The number of benzene rings is 1. The summed E-state index contributed by atoms with van der Waals surface area (Å²) in [4.78, 5) is 4.14. The molecule has 0 atom stereocenters. The second-order valence-corrected chi connectivity index (χ2v) is 3.10. The zero-order valence-electron chi connectivity index (χ0n) is 7.90. The van der Waals surface area contributed by atoms with Crippen molar-refractivity contribution in [2.24, 2.45) is 0 Å². The van der Waals surface area contributed by atoms with Crippen LogP contribution >= 0.6 is 0 Å². The molecule has 14 heavy (non-hydrogen) atoms. The number of aliphatic hydroxyl groups excluding tert-OH is 1. The molecule has 0 aliphatic carbocycles. The fraction of sp³-hybridized carbons (Fsp3) is 0.182. The van der Waals surface area contributed by atoms with Crippen LogP contribution < -0.4 is 0 Å². The van der Waals surface area contributed by atoms with Gasteiger partial charge in [-0.1, -0.05) is 24.3 Å². The third-order valence-electron chi connectivity index (χ3n) is 2.11. The van der Waals surface area contributed by atoms with Crippen LogP contribution in [0.2, 0.25) is 0 Å². The van der Waals surface area contributed by atoms with E-state index in [4.69, 9.17) is 9.52 Å². The van der Waals surface area contributed by atoms with Crippen LogP contribution in [0.5, 0.6) is 0 Å². The van der Waals surface area contributed by atoms with Crippen LogP contribution in [0.1, 0.15) is 11.5 Å². The van der Waals surface area contributed by atoms with Crippen molar-refractivity contribution < 1.29 is 9.52 Å². The maximum Gasteiger partial charge on any atom is 0.220 e. The molecule has 0 bridgehead atoms. The molecule has 3 nitrogen and oxygen atoms in total. The SMILES string of the molecule is Cc1ccccc1-c1coc(CO)n1. The molecule has 0 saturated carbocycles. The Balaban J connectivity index is 2.44. The van der Waals surface area contributed by atoms with Gasteiger partial charge in [-0.2, -0.15) is 0 Å². The molecule has 0 aliphatic heterocycles. The first-order valence-corrected chi connectivity index (χ1v) is 4.42. The molecular weight excluding hydrogens is 178 g/mol. The van der Waals surface area contributed by atoms with Crippen LogP contribution in [0, 0.1) is 6.92 Å². The molecule has 0 saturated heterocycles. The number of oxazole rings is 1. The quantitative estimate of drug-likeness (QED) is 0.787. The predicted octanol–water partition coefficient (Wildman–Crippen LogP) is 2.14. The molecule has 72 valence electrons. The van der Waals surface area contributed by atoms with E-state index in [9.17, 15) is 0 Å². The van der Waals surface area contributed by atoms with Crippen molar-refractivity contribution in [3.8, 4) is 11.3 Å². The first-order valence-electron chi connectivity index (χ1n) is 4.42. The third kappa shape index (κ3) is 1.54. The van der Waals surface area contributed by atoms with Crippen LogP contribution in [0.4, 0.5) is 0 Å². The summed E-state index contributed by atoms with van der Waals surface area (Å²) < 4.78 is 5.06. The summed E-state index contributed by atoms with van der Waals surface area (Å²) in [6.45, 7) is 1.86. The Morgan fingerprint density at radius 3 is 2.79 bits per heavy atom. The lowest BCUT2D eigenvalue weighted by Gasteiger charge is -1.99. The normalized spacial score (nSPS) is 10.4. The molecule has 0 spiro atoms. The van der Waals surface area contributed by atoms with E-state index in [2.05, 4.69) is 4.98 Å².